The maximum Gasteiger partial charge on any atom is 0.178 e. The van der Waals surface area contributed by atoms with Crippen LogP contribution in [0.4, 0.5) is 26.1 Å². The van der Waals surface area contributed by atoms with Crippen molar-refractivity contribution in [3.05, 3.63) is 42.0 Å². The molecule has 0 aliphatic heterocycles. The monoisotopic (exact) mass is 266 g/mol. The van der Waals surface area contributed by atoms with Gasteiger partial charge in [-0.05, 0) is 12.1 Å². The Morgan fingerprint density at radius 2 is 1.89 bits per heavy atom. The van der Waals surface area contributed by atoms with Crippen molar-refractivity contribution in [1.82, 2.24) is 4.98 Å². The fourth-order valence-electron chi connectivity index (χ4n) is 1.49. The second-order valence-electron chi connectivity index (χ2n) is 3.65. The molecule has 5 nitrogen and oxygen atoms in total. The summed E-state index contributed by atoms with van der Waals surface area (Å²) in [6, 6.07) is 7.52. The zero-order valence-electron chi connectivity index (χ0n) is 10.1. The van der Waals surface area contributed by atoms with E-state index in [1.54, 1.807) is 24.3 Å². The first-order valence-electron chi connectivity index (χ1n) is 5.37. The molecule has 0 saturated heterocycles. The highest BCUT2D eigenvalue weighted by Crippen LogP contribution is 2.24. The predicted octanol–water partition coefficient (Wildman–Crippen LogP) is 2.40. The van der Waals surface area contributed by atoms with Gasteiger partial charge in [0.2, 0.25) is 0 Å². The standard InChI is InChI=1S/C12H12F2N4O/c1-19-8-4-2-3-7(5-8)16-11-9(13)6-10(14)12(17-11)18-15/h2-6H,15H2,1H3,(H2,16,17,18). The van der Waals surface area contributed by atoms with Crippen LogP contribution in [0.1, 0.15) is 0 Å². The maximum atomic E-state index is 13.6. The third-order valence-electron chi connectivity index (χ3n) is 2.40. The van der Waals surface area contributed by atoms with Crippen LogP contribution < -0.4 is 21.3 Å². The van der Waals surface area contributed by atoms with Crippen LogP contribution in [0.15, 0.2) is 30.3 Å². The molecule has 100 valence electrons. The van der Waals surface area contributed by atoms with E-state index in [0.717, 1.165) is 0 Å². The molecule has 0 aliphatic rings. The highest BCUT2D eigenvalue weighted by atomic mass is 19.1. The van der Waals surface area contributed by atoms with Crippen LogP contribution in [-0.2, 0) is 0 Å². The maximum absolute atomic E-state index is 13.6. The Morgan fingerprint density at radius 1 is 1.16 bits per heavy atom. The third kappa shape index (κ3) is 2.89. The van der Waals surface area contributed by atoms with Crippen LogP contribution in [0, 0.1) is 11.6 Å². The first-order valence-corrected chi connectivity index (χ1v) is 5.37. The summed E-state index contributed by atoms with van der Waals surface area (Å²) in [5, 5.41) is 2.72. The van der Waals surface area contributed by atoms with Crippen LogP contribution in [0.25, 0.3) is 0 Å². The summed E-state index contributed by atoms with van der Waals surface area (Å²) in [4.78, 5) is 3.70. The van der Waals surface area contributed by atoms with Crippen LogP contribution in [-0.4, -0.2) is 12.1 Å². The molecule has 0 atom stereocenters. The Kier molecular flexibility index (Phi) is 3.76. The Morgan fingerprint density at radius 3 is 2.58 bits per heavy atom. The summed E-state index contributed by atoms with van der Waals surface area (Å²) in [5.41, 5.74) is 2.61. The zero-order chi connectivity index (χ0) is 13.8. The lowest BCUT2D eigenvalue weighted by Gasteiger charge is -2.10. The van der Waals surface area contributed by atoms with E-state index in [9.17, 15) is 8.78 Å². The van der Waals surface area contributed by atoms with Gasteiger partial charge in [-0.3, -0.25) is 0 Å². The minimum atomic E-state index is -0.865. The fourth-order valence-corrected chi connectivity index (χ4v) is 1.49. The number of hydrogen-bond donors (Lipinski definition) is 3. The number of aromatic nitrogens is 1. The summed E-state index contributed by atoms with van der Waals surface area (Å²) in [6.07, 6.45) is 0. The molecule has 2 aromatic rings. The molecule has 7 heteroatoms. The van der Waals surface area contributed by atoms with Gasteiger partial charge in [-0.2, -0.15) is 0 Å². The smallest absolute Gasteiger partial charge is 0.178 e. The molecule has 1 heterocycles. The summed E-state index contributed by atoms with van der Waals surface area (Å²) in [7, 11) is 1.52. The topological polar surface area (TPSA) is 72.2 Å². The number of rotatable bonds is 4. The molecule has 1 aromatic carbocycles. The fraction of sp³-hybridized carbons (Fsp3) is 0.0833. The Hall–Kier alpha value is -2.41. The van der Waals surface area contributed by atoms with Crippen molar-refractivity contribution in [3.63, 3.8) is 0 Å². The van der Waals surface area contributed by atoms with E-state index in [0.29, 0.717) is 17.5 Å². The molecular formula is C12H12F2N4O. The van der Waals surface area contributed by atoms with Gasteiger partial charge in [0.15, 0.2) is 23.3 Å². The van der Waals surface area contributed by atoms with Gasteiger partial charge < -0.3 is 15.5 Å². The van der Waals surface area contributed by atoms with Crippen LogP contribution >= 0.6 is 0 Å². The first-order chi connectivity index (χ1) is 9.13. The number of anilines is 3. The third-order valence-corrected chi connectivity index (χ3v) is 2.40. The van der Waals surface area contributed by atoms with Gasteiger partial charge in [-0.1, -0.05) is 6.07 Å². The van der Waals surface area contributed by atoms with E-state index in [4.69, 9.17) is 10.6 Å². The molecule has 0 fully saturated rings. The summed E-state index contributed by atoms with van der Waals surface area (Å²) in [6.45, 7) is 0. The molecular weight excluding hydrogens is 254 g/mol. The van der Waals surface area contributed by atoms with E-state index in [1.807, 2.05) is 0 Å². The molecule has 2 rings (SSSR count). The normalized spacial score (nSPS) is 10.1. The summed E-state index contributed by atoms with van der Waals surface area (Å²) in [5.74, 6) is 3.62. The van der Waals surface area contributed by atoms with Gasteiger partial charge >= 0.3 is 0 Å². The SMILES string of the molecule is COc1cccc(Nc2nc(NN)c(F)cc2F)c1. The van der Waals surface area contributed by atoms with Crippen molar-refractivity contribution in [2.24, 2.45) is 5.84 Å². The second kappa shape index (κ2) is 5.49. The number of benzene rings is 1. The van der Waals surface area contributed by atoms with Crippen LogP contribution in [0.5, 0.6) is 5.75 Å². The van der Waals surface area contributed by atoms with Gasteiger partial charge in [0.05, 0.1) is 7.11 Å². The lowest BCUT2D eigenvalue weighted by Crippen LogP contribution is -2.12. The molecule has 1 aromatic heterocycles. The minimum absolute atomic E-state index is 0.136. The van der Waals surface area contributed by atoms with Crippen molar-refractivity contribution in [3.8, 4) is 5.75 Å². The van der Waals surface area contributed by atoms with Crippen molar-refractivity contribution in [2.45, 2.75) is 0 Å². The summed E-state index contributed by atoms with van der Waals surface area (Å²) >= 11 is 0. The average Bonchev–Trinajstić information content (AvgIpc) is 2.42. The van der Waals surface area contributed by atoms with Crippen molar-refractivity contribution >= 4 is 17.3 Å². The van der Waals surface area contributed by atoms with E-state index in [2.05, 4.69) is 15.7 Å². The number of ether oxygens (including phenoxy) is 1. The van der Waals surface area contributed by atoms with Crippen LogP contribution in [0.2, 0.25) is 0 Å². The molecule has 0 saturated carbocycles. The Bertz CT molecular complexity index is 592. The summed E-state index contributed by atoms with van der Waals surface area (Å²) < 4.78 is 31.8. The second-order valence-corrected chi connectivity index (χ2v) is 3.65. The molecule has 4 N–H and O–H groups in total. The molecule has 0 amide bonds. The van der Waals surface area contributed by atoms with E-state index in [-0.39, 0.29) is 11.6 Å². The number of pyridine rings is 1. The predicted molar refractivity (Wildman–Crippen MR) is 68.2 cm³/mol. The van der Waals surface area contributed by atoms with Gasteiger partial charge in [0.25, 0.3) is 0 Å². The molecule has 0 unspecified atom stereocenters. The van der Waals surface area contributed by atoms with E-state index >= 15 is 0 Å². The molecule has 0 aliphatic carbocycles. The van der Waals surface area contributed by atoms with Crippen LogP contribution in [0.3, 0.4) is 0 Å². The number of hydrazine groups is 1. The van der Waals surface area contributed by atoms with Gasteiger partial charge in [0.1, 0.15) is 5.75 Å². The molecule has 0 radical (unpaired) electrons. The minimum Gasteiger partial charge on any atom is -0.497 e. The van der Waals surface area contributed by atoms with Crippen molar-refractivity contribution < 1.29 is 13.5 Å². The van der Waals surface area contributed by atoms with Gasteiger partial charge in [0, 0.05) is 17.8 Å². The number of methoxy groups -OCH3 is 1. The van der Waals surface area contributed by atoms with Gasteiger partial charge in [-0.15, -0.1) is 0 Å². The number of hydrogen-bond acceptors (Lipinski definition) is 5. The Labute approximate surface area is 108 Å². The number of halogens is 2. The largest absolute Gasteiger partial charge is 0.497 e. The molecule has 0 bridgehead atoms. The number of nitrogens with one attached hydrogen (secondary N) is 2. The lowest BCUT2D eigenvalue weighted by molar-refractivity contribution is 0.415. The number of nitrogens with zero attached hydrogens (tertiary/aromatic N) is 1. The van der Waals surface area contributed by atoms with Crippen molar-refractivity contribution in [2.75, 3.05) is 17.9 Å². The number of nitrogen functional groups attached to an aromatic ring is 1. The van der Waals surface area contributed by atoms with E-state index in [1.165, 1.54) is 7.11 Å². The highest BCUT2D eigenvalue weighted by molar-refractivity contribution is 5.60. The molecule has 19 heavy (non-hydrogen) atoms. The molecule has 0 spiro atoms. The zero-order valence-corrected chi connectivity index (χ0v) is 10.1. The van der Waals surface area contributed by atoms with Gasteiger partial charge in [-0.25, -0.2) is 19.6 Å². The first kappa shape index (κ1) is 13.0. The van der Waals surface area contributed by atoms with E-state index < -0.39 is 11.6 Å². The van der Waals surface area contributed by atoms with Crippen molar-refractivity contribution in [1.29, 1.82) is 0 Å². The quantitative estimate of drug-likeness (QED) is 0.585. The number of nitrogens with two attached hydrogens (primary N) is 1. The average molecular weight is 266 g/mol. The Balaban J connectivity index is 2.32. The lowest BCUT2D eigenvalue weighted by atomic mass is 10.3. The highest BCUT2D eigenvalue weighted by Gasteiger charge is 2.11.